The fourth-order valence-corrected chi connectivity index (χ4v) is 5.66. The maximum atomic E-state index is 14.2. The van der Waals surface area contributed by atoms with Crippen molar-refractivity contribution in [3.8, 4) is 0 Å². The maximum Gasteiger partial charge on any atom is 0.332 e. The predicted molar refractivity (Wildman–Crippen MR) is 147 cm³/mol. The number of anilines is 1. The van der Waals surface area contributed by atoms with Crippen molar-refractivity contribution in [3.63, 3.8) is 0 Å². The van der Waals surface area contributed by atoms with Gasteiger partial charge in [0, 0.05) is 29.1 Å². The van der Waals surface area contributed by atoms with Crippen LogP contribution in [0.5, 0.6) is 0 Å². The number of carbonyl (C=O) groups is 3. The molecular formula is C31H30N4O3. The minimum Gasteiger partial charge on any atom is -0.356 e. The Kier molecular flexibility index (Phi) is 5.79. The predicted octanol–water partition coefficient (Wildman–Crippen LogP) is 5.49. The van der Waals surface area contributed by atoms with Crippen LogP contribution < -0.4 is 10.2 Å². The SMILES string of the molecule is CCC(C)NC(=O)c1ccccc1N1C(=O)[C@@H]2Cc3c([nH]c4ccccc34)C(c3ccc(C)cc3)N2C1=O. The molecule has 0 aliphatic carbocycles. The second-order valence-electron chi connectivity index (χ2n) is 10.3. The number of carbonyl (C=O) groups excluding carboxylic acids is 3. The number of H-pyrrole nitrogens is 1. The molecule has 2 aliphatic heterocycles. The molecule has 2 N–H and O–H groups in total. The Bertz CT molecular complexity index is 1570. The van der Waals surface area contributed by atoms with Crippen molar-refractivity contribution in [3.05, 3.63) is 101 Å². The lowest BCUT2D eigenvalue weighted by atomic mass is 9.88. The van der Waals surface area contributed by atoms with E-state index in [0.29, 0.717) is 17.7 Å². The summed E-state index contributed by atoms with van der Waals surface area (Å²) in [6, 6.07) is 21.4. The molecule has 1 aromatic heterocycles. The first-order valence-corrected chi connectivity index (χ1v) is 13.1. The van der Waals surface area contributed by atoms with Gasteiger partial charge in [-0.1, -0.05) is 67.1 Å². The molecule has 3 heterocycles. The second-order valence-corrected chi connectivity index (χ2v) is 10.3. The van der Waals surface area contributed by atoms with Crippen molar-refractivity contribution in [2.75, 3.05) is 4.90 Å². The third-order valence-electron chi connectivity index (χ3n) is 7.82. The average Bonchev–Trinajstić information content (AvgIpc) is 3.42. The number of rotatable bonds is 5. The molecule has 0 saturated carbocycles. The molecule has 2 aliphatic rings. The fraction of sp³-hybridized carbons (Fsp3) is 0.258. The lowest BCUT2D eigenvalue weighted by molar-refractivity contribution is -0.120. The molecule has 1 saturated heterocycles. The van der Waals surface area contributed by atoms with Crippen LogP contribution in [0.15, 0.2) is 72.8 Å². The standard InChI is InChI=1S/C31H30N4O3/c1-4-19(3)32-29(36)22-10-6-8-12-25(22)35-30(37)26-17-23-21-9-5-7-11-24(21)33-27(23)28(34(26)31(35)38)20-15-13-18(2)14-16-20/h5-16,19,26,28,33H,4,17H2,1-3H3,(H,32,36)/t19?,26-,28?/m0/s1. The van der Waals surface area contributed by atoms with E-state index in [1.54, 1.807) is 29.2 Å². The summed E-state index contributed by atoms with van der Waals surface area (Å²) in [5.41, 5.74) is 5.64. The van der Waals surface area contributed by atoms with Gasteiger partial charge in [0.1, 0.15) is 12.1 Å². The highest BCUT2D eigenvalue weighted by Gasteiger charge is 2.53. The number of urea groups is 1. The molecule has 38 heavy (non-hydrogen) atoms. The number of hydrogen-bond acceptors (Lipinski definition) is 3. The summed E-state index contributed by atoms with van der Waals surface area (Å²) in [6.07, 6.45) is 1.18. The number of nitrogens with zero attached hydrogens (tertiary/aromatic N) is 2. The summed E-state index contributed by atoms with van der Waals surface area (Å²) in [7, 11) is 0. The summed E-state index contributed by atoms with van der Waals surface area (Å²) in [5.74, 6) is -0.612. The van der Waals surface area contributed by atoms with E-state index in [4.69, 9.17) is 0 Å². The smallest absolute Gasteiger partial charge is 0.332 e. The van der Waals surface area contributed by atoms with E-state index in [0.717, 1.165) is 39.7 Å². The fourth-order valence-electron chi connectivity index (χ4n) is 5.66. The van der Waals surface area contributed by atoms with Crippen molar-refractivity contribution in [2.45, 2.75) is 51.7 Å². The van der Waals surface area contributed by atoms with Gasteiger partial charge in [-0.05, 0) is 49.6 Å². The first-order valence-electron chi connectivity index (χ1n) is 13.1. The van der Waals surface area contributed by atoms with Gasteiger partial charge in [-0.2, -0.15) is 0 Å². The molecule has 3 atom stereocenters. The largest absolute Gasteiger partial charge is 0.356 e. The number of fused-ring (bicyclic) bond motifs is 4. The summed E-state index contributed by atoms with van der Waals surface area (Å²) >= 11 is 0. The van der Waals surface area contributed by atoms with Crippen LogP contribution in [0.4, 0.5) is 10.5 Å². The average molecular weight is 507 g/mol. The topological polar surface area (TPSA) is 85.5 Å². The summed E-state index contributed by atoms with van der Waals surface area (Å²) in [4.78, 5) is 47.8. The van der Waals surface area contributed by atoms with Crippen molar-refractivity contribution < 1.29 is 14.4 Å². The monoisotopic (exact) mass is 506 g/mol. The third-order valence-corrected chi connectivity index (χ3v) is 7.82. The minimum absolute atomic E-state index is 0.0314. The van der Waals surface area contributed by atoms with Crippen molar-refractivity contribution in [1.82, 2.24) is 15.2 Å². The quantitative estimate of drug-likeness (QED) is 0.351. The number of imide groups is 1. The molecule has 6 rings (SSSR count). The zero-order valence-corrected chi connectivity index (χ0v) is 21.7. The van der Waals surface area contributed by atoms with Crippen molar-refractivity contribution in [1.29, 1.82) is 0 Å². The van der Waals surface area contributed by atoms with Crippen LogP contribution >= 0.6 is 0 Å². The molecule has 2 unspecified atom stereocenters. The van der Waals surface area contributed by atoms with Gasteiger partial charge in [-0.3, -0.25) is 14.5 Å². The number of aromatic nitrogens is 1. The Morgan fingerprint density at radius 3 is 2.50 bits per heavy atom. The molecular weight excluding hydrogens is 476 g/mol. The summed E-state index contributed by atoms with van der Waals surface area (Å²) < 4.78 is 0. The van der Waals surface area contributed by atoms with Crippen LogP contribution in [0.1, 0.15) is 59.1 Å². The van der Waals surface area contributed by atoms with E-state index in [9.17, 15) is 14.4 Å². The Labute approximate surface area is 221 Å². The van der Waals surface area contributed by atoms with E-state index in [-0.39, 0.29) is 17.9 Å². The maximum absolute atomic E-state index is 14.2. The molecule has 7 heteroatoms. The van der Waals surface area contributed by atoms with Gasteiger partial charge in [0.2, 0.25) is 0 Å². The Balaban J connectivity index is 1.48. The molecule has 0 spiro atoms. The summed E-state index contributed by atoms with van der Waals surface area (Å²) in [6.45, 7) is 5.94. The zero-order chi connectivity index (χ0) is 26.6. The number of para-hydroxylation sites is 2. The van der Waals surface area contributed by atoms with Crippen molar-refractivity contribution >= 4 is 34.4 Å². The van der Waals surface area contributed by atoms with Crippen LogP contribution in [-0.2, 0) is 11.2 Å². The number of amides is 4. The Hall–Kier alpha value is -4.39. The molecule has 0 bridgehead atoms. The van der Waals surface area contributed by atoms with E-state index in [2.05, 4.69) is 16.4 Å². The number of aryl methyl sites for hydroxylation is 1. The van der Waals surface area contributed by atoms with Gasteiger partial charge >= 0.3 is 6.03 Å². The first-order chi connectivity index (χ1) is 18.4. The van der Waals surface area contributed by atoms with Crippen molar-refractivity contribution in [2.24, 2.45) is 0 Å². The molecule has 192 valence electrons. The lowest BCUT2D eigenvalue weighted by Gasteiger charge is -2.36. The van der Waals surface area contributed by atoms with Crippen LogP contribution in [0, 0.1) is 6.92 Å². The molecule has 4 aromatic rings. The number of aromatic amines is 1. The van der Waals surface area contributed by atoms with E-state index in [1.807, 2.05) is 63.2 Å². The number of hydrogen-bond donors (Lipinski definition) is 2. The summed E-state index contributed by atoms with van der Waals surface area (Å²) in [5, 5.41) is 4.03. The normalized spacial score (nSPS) is 19.4. The molecule has 7 nitrogen and oxygen atoms in total. The van der Waals surface area contributed by atoms with Crippen LogP contribution in [0.3, 0.4) is 0 Å². The highest BCUT2D eigenvalue weighted by atomic mass is 16.2. The van der Waals surface area contributed by atoms with Gasteiger partial charge in [-0.15, -0.1) is 0 Å². The van der Waals surface area contributed by atoms with Gasteiger partial charge < -0.3 is 10.3 Å². The van der Waals surface area contributed by atoms with E-state index >= 15 is 0 Å². The molecule has 0 radical (unpaired) electrons. The minimum atomic E-state index is -0.675. The second kappa shape index (κ2) is 9.17. The van der Waals surface area contributed by atoms with Gasteiger partial charge in [0.25, 0.3) is 11.8 Å². The molecule has 3 aromatic carbocycles. The highest BCUT2D eigenvalue weighted by molar-refractivity contribution is 6.24. The Morgan fingerprint density at radius 1 is 1.03 bits per heavy atom. The molecule has 4 amide bonds. The lowest BCUT2D eigenvalue weighted by Crippen LogP contribution is -2.44. The molecule has 1 fully saturated rings. The van der Waals surface area contributed by atoms with Crippen LogP contribution in [0.2, 0.25) is 0 Å². The number of nitrogens with one attached hydrogen (secondary N) is 2. The third kappa shape index (κ3) is 3.69. The zero-order valence-electron chi connectivity index (χ0n) is 21.7. The van der Waals surface area contributed by atoms with Gasteiger partial charge in [0.15, 0.2) is 0 Å². The highest BCUT2D eigenvalue weighted by Crippen LogP contribution is 2.45. The van der Waals surface area contributed by atoms with Crippen LogP contribution in [0.25, 0.3) is 10.9 Å². The van der Waals surface area contributed by atoms with E-state index < -0.39 is 18.1 Å². The van der Waals surface area contributed by atoms with Gasteiger partial charge in [0.05, 0.1) is 11.3 Å². The van der Waals surface area contributed by atoms with Crippen LogP contribution in [-0.4, -0.2) is 39.8 Å². The first kappa shape index (κ1) is 24.0. The van der Waals surface area contributed by atoms with E-state index in [1.165, 1.54) is 4.90 Å². The number of benzene rings is 3. The van der Waals surface area contributed by atoms with Gasteiger partial charge in [-0.25, -0.2) is 9.69 Å². The Morgan fingerprint density at radius 2 is 1.74 bits per heavy atom.